The Morgan fingerprint density at radius 3 is 2.50 bits per heavy atom. The van der Waals surface area contributed by atoms with E-state index in [-0.39, 0.29) is 11.3 Å². The van der Waals surface area contributed by atoms with Crippen molar-refractivity contribution in [1.82, 2.24) is 0 Å². The highest BCUT2D eigenvalue weighted by Crippen LogP contribution is 2.33. The van der Waals surface area contributed by atoms with Gasteiger partial charge in [-0.25, -0.2) is 4.79 Å². The molecule has 0 bridgehead atoms. The van der Waals surface area contributed by atoms with Gasteiger partial charge in [0.2, 0.25) is 0 Å². The van der Waals surface area contributed by atoms with Crippen LogP contribution in [0.1, 0.15) is 21.5 Å². The van der Waals surface area contributed by atoms with E-state index in [0.717, 1.165) is 16.5 Å². The van der Waals surface area contributed by atoms with Crippen molar-refractivity contribution in [3.8, 4) is 5.75 Å². The average molecular weight is 216 g/mol. The lowest BCUT2D eigenvalue weighted by Gasteiger charge is -2.10. The molecule has 0 radical (unpaired) electrons. The molecule has 3 heteroatoms. The molecule has 3 nitrogen and oxygen atoms in total. The lowest BCUT2D eigenvalue weighted by atomic mass is 9.97. The predicted molar refractivity (Wildman–Crippen MR) is 62.0 cm³/mol. The van der Waals surface area contributed by atoms with Crippen molar-refractivity contribution in [2.75, 3.05) is 0 Å². The molecular formula is C13H12O3. The van der Waals surface area contributed by atoms with Crippen LogP contribution >= 0.6 is 0 Å². The van der Waals surface area contributed by atoms with Crippen molar-refractivity contribution < 1.29 is 15.0 Å². The van der Waals surface area contributed by atoms with E-state index in [1.54, 1.807) is 6.07 Å². The molecule has 2 aromatic rings. The van der Waals surface area contributed by atoms with Crippen molar-refractivity contribution in [2.24, 2.45) is 0 Å². The summed E-state index contributed by atoms with van der Waals surface area (Å²) in [4.78, 5) is 10.9. The molecule has 82 valence electrons. The van der Waals surface area contributed by atoms with Crippen molar-refractivity contribution >= 4 is 16.7 Å². The summed E-state index contributed by atoms with van der Waals surface area (Å²) in [6, 6.07) is 6.99. The number of carboxylic acid groups (broad SMARTS) is 1. The van der Waals surface area contributed by atoms with Gasteiger partial charge in [0, 0.05) is 5.39 Å². The SMILES string of the molecule is Cc1cccc2c(O)c(C(=O)O)cc(C)c12. The maximum atomic E-state index is 10.9. The molecule has 0 spiro atoms. The highest BCUT2D eigenvalue weighted by molar-refractivity contribution is 6.02. The molecule has 0 saturated heterocycles. The van der Waals surface area contributed by atoms with Gasteiger partial charge in [-0.1, -0.05) is 18.2 Å². The molecule has 0 saturated carbocycles. The zero-order valence-electron chi connectivity index (χ0n) is 9.11. The molecule has 16 heavy (non-hydrogen) atoms. The maximum Gasteiger partial charge on any atom is 0.339 e. The summed E-state index contributed by atoms with van der Waals surface area (Å²) >= 11 is 0. The Labute approximate surface area is 93.0 Å². The number of phenols is 1. The van der Waals surface area contributed by atoms with E-state index in [0.29, 0.717) is 5.39 Å². The van der Waals surface area contributed by atoms with Crippen LogP contribution in [0.15, 0.2) is 24.3 Å². The standard InChI is InChI=1S/C13H12O3/c1-7-4-3-5-9-11(7)8(2)6-10(12(9)14)13(15)16/h3-6,14H,1-2H3,(H,15,16). The maximum absolute atomic E-state index is 10.9. The quantitative estimate of drug-likeness (QED) is 0.770. The summed E-state index contributed by atoms with van der Waals surface area (Å²) in [6.45, 7) is 3.79. The summed E-state index contributed by atoms with van der Waals surface area (Å²) in [6.07, 6.45) is 0. The van der Waals surface area contributed by atoms with Crippen molar-refractivity contribution in [3.63, 3.8) is 0 Å². The summed E-state index contributed by atoms with van der Waals surface area (Å²) < 4.78 is 0. The number of carboxylic acids is 1. The van der Waals surface area contributed by atoms with E-state index < -0.39 is 5.97 Å². The summed E-state index contributed by atoms with van der Waals surface area (Å²) in [5.41, 5.74) is 1.85. The molecule has 2 rings (SSSR count). The number of benzene rings is 2. The van der Waals surface area contributed by atoms with E-state index in [4.69, 9.17) is 5.11 Å². The highest BCUT2D eigenvalue weighted by Gasteiger charge is 2.15. The number of hydrogen-bond donors (Lipinski definition) is 2. The van der Waals surface area contributed by atoms with Crippen molar-refractivity contribution in [1.29, 1.82) is 0 Å². The van der Waals surface area contributed by atoms with Gasteiger partial charge in [0.15, 0.2) is 0 Å². The third-order valence-electron chi connectivity index (χ3n) is 2.77. The predicted octanol–water partition coefficient (Wildman–Crippen LogP) is 2.86. The van der Waals surface area contributed by atoms with Crippen LogP contribution in [0.4, 0.5) is 0 Å². The Kier molecular flexibility index (Phi) is 2.31. The van der Waals surface area contributed by atoms with E-state index in [9.17, 15) is 9.90 Å². The van der Waals surface area contributed by atoms with E-state index >= 15 is 0 Å². The fourth-order valence-electron chi connectivity index (χ4n) is 2.05. The first-order chi connectivity index (χ1) is 7.52. The highest BCUT2D eigenvalue weighted by atomic mass is 16.4. The molecule has 0 fully saturated rings. The zero-order valence-corrected chi connectivity index (χ0v) is 9.11. The number of rotatable bonds is 1. The molecule has 0 aliphatic heterocycles. The fraction of sp³-hybridized carbons (Fsp3) is 0.154. The lowest BCUT2D eigenvalue weighted by Crippen LogP contribution is -1.99. The molecule has 0 aliphatic carbocycles. The Hall–Kier alpha value is -2.03. The fourth-order valence-corrected chi connectivity index (χ4v) is 2.05. The van der Waals surface area contributed by atoms with Crippen LogP contribution < -0.4 is 0 Å². The molecular weight excluding hydrogens is 204 g/mol. The first-order valence-corrected chi connectivity index (χ1v) is 4.97. The number of aryl methyl sites for hydroxylation is 2. The topological polar surface area (TPSA) is 57.5 Å². The van der Waals surface area contributed by atoms with E-state index in [1.165, 1.54) is 6.07 Å². The van der Waals surface area contributed by atoms with Crippen LogP contribution in [0.3, 0.4) is 0 Å². The van der Waals surface area contributed by atoms with E-state index in [2.05, 4.69) is 0 Å². The van der Waals surface area contributed by atoms with Crippen LogP contribution in [0, 0.1) is 13.8 Å². The molecule has 0 heterocycles. The summed E-state index contributed by atoms with van der Waals surface area (Å²) in [5, 5.41) is 20.4. The number of aromatic hydroxyl groups is 1. The molecule has 0 aliphatic rings. The van der Waals surface area contributed by atoms with Gasteiger partial charge in [-0.15, -0.1) is 0 Å². The average Bonchev–Trinajstić information content (AvgIpc) is 2.22. The monoisotopic (exact) mass is 216 g/mol. The molecule has 0 atom stereocenters. The van der Waals surface area contributed by atoms with Crippen LogP contribution in [-0.2, 0) is 0 Å². The van der Waals surface area contributed by atoms with Crippen LogP contribution in [-0.4, -0.2) is 16.2 Å². The van der Waals surface area contributed by atoms with Crippen LogP contribution in [0.2, 0.25) is 0 Å². The summed E-state index contributed by atoms with van der Waals surface area (Å²) in [7, 11) is 0. The van der Waals surface area contributed by atoms with Gasteiger partial charge in [-0.2, -0.15) is 0 Å². The first kappa shape index (κ1) is 10.5. The van der Waals surface area contributed by atoms with Gasteiger partial charge in [0.05, 0.1) is 0 Å². The minimum absolute atomic E-state index is 0.0457. The van der Waals surface area contributed by atoms with Crippen LogP contribution in [0.5, 0.6) is 5.75 Å². The van der Waals surface area contributed by atoms with Gasteiger partial charge in [-0.3, -0.25) is 0 Å². The lowest BCUT2D eigenvalue weighted by molar-refractivity contribution is 0.0694. The summed E-state index contributed by atoms with van der Waals surface area (Å²) in [5.74, 6) is -1.26. The second-order valence-corrected chi connectivity index (χ2v) is 3.89. The second kappa shape index (κ2) is 3.52. The van der Waals surface area contributed by atoms with Gasteiger partial charge in [-0.05, 0) is 36.4 Å². The number of fused-ring (bicyclic) bond motifs is 1. The normalized spacial score (nSPS) is 10.6. The van der Waals surface area contributed by atoms with Crippen molar-refractivity contribution in [3.05, 3.63) is 41.0 Å². The smallest absolute Gasteiger partial charge is 0.339 e. The number of hydrogen-bond acceptors (Lipinski definition) is 2. The number of carbonyl (C=O) groups is 1. The second-order valence-electron chi connectivity index (χ2n) is 3.89. The minimum atomic E-state index is -1.11. The minimum Gasteiger partial charge on any atom is -0.506 e. The molecule has 0 aromatic heterocycles. The Morgan fingerprint density at radius 1 is 1.19 bits per heavy atom. The Balaban J connectivity index is 2.96. The molecule has 0 amide bonds. The Morgan fingerprint density at radius 2 is 1.88 bits per heavy atom. The molecule has 2 N–H and O–H groups in total. The van der Waals surface area contributed by atoms with Gasteiger partial charge in [0.1, 0.15) is 11.3 Å². The largest absolute Gasteiger partial charge is 0.506 e. The van der Waals surface area contributed by atoms with Gasteiger partial charge in [0.25, 0.3) is 0 Å². The van der Waals surface area contributed by atoms with E-state index in [1.807, 2.05) is 26.0 Å². The molecule has 0 unspecified atom stereocenters. The number of aromatic carboxylic acids is 1. The third kappa shape index (κ3) is 1.41. The molecule has 2 aromatic carbocycles. The first-order valence-electron chi connectivity index (χ1n) is 4.97. The van der Waals surface area contributed by atoms with Crippen molar-refractivity contribution in [2.45, 2.75) is 13.8 Å². The van der Waals surface area contributed by atoms with Gasteiger partial charge >= 0.3 is 5.97 Å². The van der Waals surface area contributed by atoms with Crippen LogP contribution in [0.25, 0.3) is 10.8 Å². The Bertz CT molecular complexity index is 585. The zero-order chi connectivity index (χ0) is 11.9. The van der Waals surface area contributed by atoms with Gasteiger partial charge < -0.3 is 10.2 Å². The third-order valence-corrected chi connectivity index (χ3v) is 2.77.